The lowest BCUT2D eigenvalue weighted by atomic mass is 10.2. The molecule has 1 N–H and O–H groups in total. The van der Waals surface area contributed by atoms with Crippen LogP contribution in [0.4, 0.5) is 10.1 Å². The first-order chi connectivity index (χ1) is 8.49. The summed E-state index contributed by atoms with van der Waals surface area (Å²) in [6.07, 6.45) is 0. The van der Waals surface area contributed by atoms with Crippen LogP contribution in [-0.2, 0) is 0 Å². The molecule has 1 aromatic carbocycles. The van der Waals surface area contributed by atoms with Crippen molar-refractivity contribution in [3.63, 3.8) is 0 Å². The lowest BCUT2D eigenvalue weighted by molar-refractivity contribution is -0.385. The molecule has 0 spiro atoms. The smallest absolute Gasteiger partial charge is 0.377 e. The number of halogens is 1. The number of rotatable bonds is 3. The maximum absolute atomic E-state index is 13.5. The highest BCUT2D eigenvalue weighted by Crippen LogP contribution is 2.24. The van der Waals surface area contributed by atoms with Gasteiger partial charge in [-0.05, 0) is 11.2 Å². The summed E-state index contributed by atoms with van der Waals surface area (Å²) in [4.78, 5) is 23.6. The zero-order valence-corrected chi connectivity index (χ0v) is 8.53. The van der Waals surface area contributed by atoms with Crippen molar-refractivity contribution in [1.29, 1.82) is 0 Å². The third kappa shape index (κ3) is 2.00. The first-order valence-corrected chi connectivity index (χ1v) is 4.50. The molecule has 9 heteroatoms. The van der Waals surface area contributed by atoms with Crippen LogP contribution in [0.15, 0.2) is 22.7 Å². The topological polar surface area (TPSA) is 119 Å². The number of nitrogens with zero attached hydrogens (tertiary/aromatic N) is 3. The van der Waals surface area contributed by atoms with Crippen LogP contribution in [0.1, 0.15) is 10.6 Å². The van der Waals surface area contributed by atoms with E-state index in [1.807, 2.05) is 0 Å². The minimum absolute atomic E-state index is 0.208. The van der Waals surface area contributed by atoms with Gasteiger partial charge in [0.2, 0.25) is 0 Å². The average Bonchev–Trinajstić information content (AvgIpc) is 2.78. The van der Waals surface area contributed by atoms with Crippen molar-refractivity contribution in [2.45, 2.75) is 0 Å². The molecule has 0 bridgehead atoms. The normalized spacial score (nSPS) is 10.3. The number of carboxylic acid groups (broad SMARTS) is 1. The van der Waals surface area contributed by atoms with Gasteiger partial charge in [0.1, 0.15) is 5.82 Å². The lowest BCUT2D eigenvalue weighted by Crippen LogP contribution is -1.98. The Morgan fingerprint density at radius 3 is 2.72 bits per heavy atom. The monoisotopic (exact) mass is 253 g/mol. The maximum atomic E-state index is 13.5. The zero-order chi connectivity index (χ0) is 13.3. The lowest BCUT2D eigenvalue weighted by Gasteiger charge is -1.96. The average molecular weight is 253 g/mol. The van der Waals surface area contributed by atoms with Gasteiger partial charge in [-0.15, -0.1) is 0 Å². The van der Waals surface area contributed by atoms with Gasteiger partial charge in [-0.25, -0.2) is 9.18 Å². The molecular formula is C9H4FN3O5. The van der Waals surface area contributed by atoms with Gasteiger partial charge in [-0.1, -0.05) is 0 Å². The minimum Gasteiger partial charge on any atom is -0.475 e. The summed E-state index contributed by atoms with van der Waals surface area (Å²) in [6.45, 7) is 0. The quantitative estimate of drug-likeness (QED) is 0.649. The first kappa shape index (κ1) is 11.6. The van der Waals surface area contributed by atoms with Gasteiger partial charge in [0.05, 0.1) is 16.6 Å². The van der Waals surface area contributed by atoms with Gasteiger partial charge in [-0.2, -0.15) is 4.98 Å². The number of hydrogen-bond acceptors (Lipinski definition) is 6. The molecule has 0 fully saturated rings. The van der Waals surface area contributed by atoms with Crippen molar-refractivity contribution in [3.05, 3.63) is 40.0 Å². The predicted molar refractivity (Wildman–Crippen MR) is 53.3 cm³/mol. The Bertz CT molecular complexity index is 639. The summed E-state index contributed by atoms with van der Waals surface area (Å²) in [6, 6.07) is 2.79. The van der Waals surface area contributed by atoms with Crippen LogP contribution in [0.25, 0.3) is 11.5 Å². The maximum Gasteiger partial charge on any atom is 0.377 e. The molecule has 0 aliphatic carbocycles. The molecule has 1 heterocycles. The summed E-state index contributed by atoms with van der Waals surface area (Å²) in [5.74, 6) is -3.36. The summed E-state index contributed by atoms with van der Waals surface area (Å²) in [5, 5.41) is 22.1. The van der Waals surface area contributed by atoms with E-state index >= 15 is 0 Å². The number of aromatic carboxylic acids is 1. The van der Waals surface area contributed by atoms with Crippen LogP contribution < -0.4 is 0 Å². The number of carbonyl (C=O) groups is 1. The molecular weight excluding hydrogens is 249 g/mol. The van der Waals surface area contributed by atoms with Crippen LogP contribution in [0.2, 0.25) is 0 Å². The van der Waals surface area contributed by atoms with Crippen LogP contribution in [0.5, 0.6) is 0 Å². The van der Waals surface area contributed by atoms with Crippen molar-refractivity contribution in [2.24, 2.45) is 0 Å². The largest absolute Gasteiger partial charge is 0.475 e. The molecule has 0 unspecified atom stereocenters. The summed E-state index contributed by atoms with van der Waals surface area (Å²) >= 11 is 0. The standard InChI is InChI=1S/C9H4FN3O5/c10-6-3-4(13(16)17)1-2-5(6)8-11-7(9(14)15)12-18-8/h1-3H,(H,14,15). The number of carboxylic acids is 1. The third-order valence-electron chi connectivity index (χ3n) is 2.01. The number of nitro benzene ring substituents is 1. The molecule has 92 valence electrons. The van der Waals surface area contributed by atoms with Crippen LogP contribution in [0, 0.1) is 15.9 Å². The third-order valence-corrected chi connectivity index (χ3v) is 2.01. The van der Waals surface area contributed by atoms with Crippen molar-refractivity contribution in [1.82, 2.24) is 10.1 Å². The second-order valence-corrected chi connectivity index (χ2v) is 3.15. The van der Waals surface area contributed by atoms with Crippen molar-refractivity contribution >= 4 is 11.7 Å². The Hall–Kier alpha value is -2.84. The Morgan fingerprint density at radius 1 is 1.50 bits per heavy atom. The number of nitro groups is 1. The molecule has 0 saturated carbocycles. The molecule has 1 aromatic heterocycles. The number of benzene rings is 1. The molecule has 18 heavy (non-hydrogen) atoms. The molecule has 0 saturated heterocycles. The van der Waals surface area contributed by atoms with Gasteiger partial charge in [-0.3, -0.25) is 10.1 Å². The van der Waals surface area contributed by atoms with Gasteiger partial charge in [0.25, 0.3) is 17.4 Å². The molecule has 0 aliphatic rings. The van der Waals surface area contributed by atoms with E-state index < -0.39 is 28.2 Å². The van der Waals surface area contributed by atoms with Gasteiger partial charge >= 0.3 is 5.97 Å². The van der Waals surface area contributed by atoms with Gasteiger partial charge in [0.15, 0.2) is 0 Å². The Labute approximate surface area is 97.8 Å². The van der Waals surface area contributed by atoms with E-state index in [4.69, 9.17) is 5.11 Å². The Kier molecular flexibility index (Phi) is 2.72. The fourth-order valence-corrected chi connectivity index (χ4v) is 1.21. The molecule has 0 atom stereocenters. The fourth-order valence-electron chi connectivity index (χ4n) is 1.21. The van der Waals surface area contributed by atoms with E-state index in [1.54, 1.807) is 0 Å². The van der Waals surface area contributed by atoms with Crippen molar-refractivity contribution < 1.29 is 23.7 Å². The first-order valence-electron chi connectivity index (χ1n) is 4.50. The highest BCUT2D eigenvalue weighted by molar-refractivity contribution is 5.83. The highest BCUT2D eigenvalue weighted by atomic mass is 19.1. The van der Waals surface area contributed by atoms with Crippen LogP contribution in [0.3, 0.4) is 0 Å². The minimum atomic E-state index is -1.42. The summed E-state index contributed by atoms with van der Waals surface area (Å²) in [5.41, 5.74) is -0.644. The van der Waals surface area contributed by atoms with E-state index in [9.17, 15) is 19.3 Å². The second kappa shape index (κ2) is 4.20. The second-order valence-electron chi connectivity index (χ2n) is 3.15. The molecule has 0 amide bonds. The molecule has 0 aliphatic heterocycles. The summed E-state index contributed by atoms with van der Waals surface area (Å²) in [7, 11) is 0. The molecule has 2 aromatic rings. The highest BCUT2D eigenvalue weighted by Gasteiger charge is 2.19. The van der Waals surface area contributed by atoms with Crippen LogP contribution in [-0.4, -0.2) is 26.1 Å². The molecule has 8 nitrogen and oxygen atoms in total. The van der Waals surface area contributed by atoms with Crippen molar-refractivity contribution in [2.75, 3.05) is 0 Å². The van der Waals surface area contributed by atoms with E-state index in [-0.39, 0.29) is 11.5 Å². The number of hydrogen-bond donors (Lipinski definition) is 1. The summed E-state index contributed by atoms with van der Waals surface area (Å²) < 4.78 is 18.1. The van der Waals surface area contributed by atoms with E-state index in [0.29, 0.717) is 6.07 Å². The van der Waals surface area contributed by atoms with Crippen molar-refractivity contribution in [3.8, 4) is 11.5 Å². The number of aromatic nitrogens is 2. The molecule has 0 radical (unpaired) electrons. The fraction of sp³-hybridized carbons (Fsp3) is 0. The van der Waals surface area contributed by atoms with Crippen LogP contribution >= 0.6 is 0 Å². The SMILES string of the molecule is O=C(O)c1noc(-c2ccc([N+](=O)[O-])cc2F)n1. The van der Waals surface area contributed by atoms with Gasteiger partial charge in [0, 0.05) is 6.07 Å². The number of non-ortho nitro benzene ring substituents is 1. The zero-order valence-electron chi connectivity index (χ0n) is 8.53. The molecule has 2 rings (SSSR count). The van der Waals surface area contributed by atoms with E-state index in [0.717, 1.165) is 12.1 Å². The van der Waals surface area contributed by atoms with Gasteiger partial charge < -0.3 is 9.63 Å². The van der Waals surface area contributed by atoms with E-state index in [1.165, 1.54) is 0 Å². The Morgan fingerprint density at radius 2 is 2.22 bits per heavy atom. The Balaban J connectivity index is 2.44. The van der Waals surface area contributed by atoms with E-state index in [2.05, 4.69) is 14.7 Å². The predicted octanol–water partition coefficient (Wildman–Crippen LogP) is 1.48.